The van der Waals surface area contributed by atoms with Crippen LogP contribution >= 0.6 is 11.6 Å². The number of benzene rings is 1. The fourth-order valence-electron chi connectivity index (χ4n) is 3.36. The highest BCUT2D eigenvalue weighted by Gasteiger charge is 2.21. The highest BCUT2D eigenvalue weighted by atomic mass is 35.5. The number of nitro benzene ring substituents is 1. The maximum absolute atomic E-state index is 11.1. The van der Waals surface area contributed by atoms with Crippen LogP contribution in [0.1, 0.15) is 5.69 Å². The Balaban J connectivity index is 1.55. The molecule has 0 atom stereocenters. The van der Waals surface area contributed by atoms with E-state index in [1.165, 1.54) is 12.1 Å². The van der Waals surface area contributed by atoms with Gasteiger partial charge in [0.2, 0.25) is 0 Å². The molecule has 1 saturated heterocycles. The number of piperazine rings is 1. The number of anilines is 2. The monoisotopic (exact) mass is 410 g/mol. The number of aromatic nitrogens is 3. The van der Waals surface area contributed by atoms with Crippen molar-refractivity contribution >= 4 is 28.9 Å². The first kappa shape index (κ1) is 19.1. The third kappa shape index (κ3) is 4.12. The van der Waals surface area contributed by atoms with Crippen LogP contribution in [0.3, 0.4) is 0 Å². The van der Waals surface area contributed by atoms with E-state index in [0.717, 1.165) is 43.5 Å². The molecule has 0 aliphatic carbocycles. The lowest BCUT2D eigenvalue weighted by molar-refractivity contribution is -0.384. The van der Waals surface area contributed by atoms with Crippen LogP contribution in [0.15, 0.2) is 48.7 Å². The number of non-ortho nitro benzene ring substituents is 1. The zero-order valence-corrected chi connectivity index (χ0v) is 16.6. The minimum Gasteiger partial charge on any atom is -0.353 e. The van der Waals surface area contributed by atoms with E-state index in [1.807, 2.05) is 25.1 Å². The first-order chi connectivity index (χ1) is 14.0. The summed E-state index contributed by atoms with van der Waals surface area (Å²) in [5, 5.41) is 11.7. The van der Waals surface area contributed by atoms with Crippen LogP contribution in [-0.2, 0) is 0 Å². The number of hydrogen-bond acceptors (Lipinski definition) is 7. The standard InChI is InChI=1S/C20H19ClN6O2/c1-14-12-18(24-19(23-14)15-4-2-5-16(13-15)27(28)29)25-8-10-26(11-9-25)20-17(21)6-3-7-22-20/h2-7,12-13H,8-11H2,1H3. The maximum atomic E-state index is 11.1. The quantitative estimate of drug-likeness (QED) is 0.478. The van der Waals surface area contributed by atoms with Crippen molar-refractivity contribution in [2.24, 2.45) is 0 Å². The Morgan fingerprint density at radius 1 is 1.03 bits per heavy atom. The minimum atomic E-state index is -0.415. The van der Waals surface area contributed by atoms with Gasteiger partial charge in [0.25, 0.3) is 5.69 Å². The highest BCUT2D eigenvalue weighted by molar-refractivity contribution is 6.32. The van der Waals surface area contributed by atoms with Gasteiger partial charge >= 0.3 is 0 Å². The Morgan fingerprint density at radius 2 is 1.79 bits per heavy atom. The predicted octanol–water partition coefficient (Wildman–Crippen LogP) is 3.74. The van der Waals surface area contributed by atoms with Crippen molar-refractivity contribution < 1.29 is 4.92 Å². The van der Waals surface area contributed by atoms with E-state index in [9.17, 15) is 10.1 Å². The van der Waals surface area contributed by atoms with Crippen LogP contribution in [0.5, 0.6) is 0 Å². The van der Waals surface area contributed by atoms with Crippen molar-refractivity contribution in [2.75, 3.05) is 36.0 Å². The average molecular weight is 411 g/mol. The predicted molar refractivity (Wildman–Crippen MR) is 113 cm³/mol. The summed E-state index contributed by atoms with van der Waals surface area (Å²) in [6, 6.07) is 12.0. The third-order valence-corrected chi connectivity index (χ3v) is 5.09. The Hall–Kier alpha value is -3.26. The van der Waals surface area contributed by atoms with E-state index in [0.29, 0.717) is 16.4 Å². The molecular weight excluding hydrogens is 392 g/mol. The van der Waals surface area contributed by atoms with E-state index < -0.39 is 4.92 Å². The molecular formula is C20H19ClN6O2. The highest BCUT2D eigenvalue weighted by Crippen LogP contribution is 2.26. The molecule has 148 valence electrons. The maximum Gasteiger partial charge on any atom is 0.270 e. The van der Waals surface area contributed by atoms with Gasteiger partial charge in [-0.2, -0.15) is 0 Å². The Bertz CT molecular complexity index is 1050. The summed E-state index contributed by atoms with van der Waals surface area (Å²) in [6.07, 6.45) is 1.74. The van der Waals surface area contributed by atoms with E-state index >= 15 is 0 Å². The fraction of sp³-hybridized carbons (Fsp3) is 0.250. The van der Waals surface area contributed by atoms with E-state index in [1.54, 1.807) is 18.3 Å². The minimum absolute atomic E-state index is 0.0232. The van der Waals surface area contributed by atoms with Crippen LogP contribution in [-0.4, -0.2) is 46.1 Å². The van der Waals surface area contributed by atoms with Crippen molar-refractivity contribution in [1.82, 2.24) is 15.0 Å². The molecule has 0 N–H and O–H groups in total. The topological polar surface area (TPSA) is 88.3 Å². The first-order valence-corrected chi connectivity index (χ1v) is 9.60. The van der Waals surface area contributed by atoms with Crippen molar-refractivity contribution in [1.29, 1.82) is 0 Å². The van der Waals surface area contributed by atoms with E-state index in [-0.39, 0.29) is 5.69 Å². The molecule has 29 heavy (non-hydrogen) atoms. The molecule has 0 saturated carbocycles. The van der Waals surface area contributed by atoms with E-state index in [4.69, 9.17) is 11.6 Å². The summed E-state index contributed by atoms with van der Waals surface area (Å²) in [7, 11) is 0. The summed E-state index contributed by atoms with van der Waals surface area (Å²) >= 11 is 6.27. The molecule has 1 aromatic carbocycles. The second-order valence-electron chi connectivity index (χ2n) is 6.78. The van der Waals surface area contributed by atoms with Crippen molar-refractivity contribution in [3.63, 3.8) is 0 Å². The molecule has 2 aromatic heterocycles. The molecule has 0 bridgehead atoms. The Morgan fingerprint density at radius 3 is 2.52 bits per heavy atom. The van der Waals surface area contributed by atoms with Gasteiger partial charge < -0.3 is 9.80 Å². The van der Waals surface area contributed by atoms with Gasteiger partial charge in [0.1, 0.15) is 11.6 Å². The number of nitro groups is 1. The molecule has 0 unspecified atom stereocenters. The van der Waals surface area contributed by atoms with Gasteiger partial charge in [0.05, 0.1) is 9.95 Å². The molecule has 0 spiro atoms. The normalized spacial score (nSPS) is 14.1. The average Bonchev–Trinajstić information content (AvgIpc) is 2.74. The molecule has 3 aromatic rings. The summed E-state index contributed by atoms with van der Waals surface area (Å²) in [5.74, 6) is 2.09. The van der Waals surface area contributed by atoms with E-state index in [2.05, 4.69) is 24.8 Å². The van der Waals surface area contributed by atoms with Gasteiger partial charge in [-0.05, 0) is 19.1 Å². The zero-order valence-electron chi connectivity index (χ0n) is 15.8. The third-order valence-electron chi connectivity index (χ3n) is 4.80. The molecule has 0 amide bonds. The van der Waals surface area contributed by atoms with Gasteiger partial charge in [0.15, 0.2) is 5.82 Å². The van der Waals surface area contributed by atoms with Gasteiger partial charge in [-0.3, -0.25) is 10.1 Å². The zero-order chi connectivity index (χ0) is 20.4. The number of aryl methyl sites for hydroxylation is 1. The summed E-state index contributed by atoms with van der Waals surface area (Å²) in [4.78, 5) is 28.5. The molecule has 8 nitrogen and oxygen atoms in total. The second-order valence-corrected chi connectivity index (χ2v) is 7.19. The van der Waals surface area contributed by atoms with Crippen molar-refractivity contribution in [2.45, 2.75) is 6.92 Å². The molecule has 3 heterocycles. The summed E-state index contributed by atoms with van der Waals surface area (Å²) < 4.78 is 0. The Labute approximate surface area is 172 Å². The number of rotatable bonds is 4. The number of nitrogens with zero attached hydrogens (tertiary/aromatic N) is 6. The van der Waals surface area contributed by atoms with Crippen molar-refractivity contribution in [3.8, 4) is 11.4 Å². The fourth-order valence-corrected chi connectivity index (χ4v) is 3.60. The molecule has 1 aliphatic heterocycles. The van der Waals surface area contributed by atoms with Gasteiger partial charge in [0, 0.05) is 61.8 Å². The van der Waals surface area contributed by atoms with Crippen LogP contribution in [0.2, 0.25) is 5.02 Å². The molecule has 1 aliphatic rings. The number of halogens is 1. The molecule has 1 fully saturated rings. The van der Waals surface area contributed by atoms with Gasteiger partial charge in [-0.15, -0.1) is 0 Å². The molecule has 0 radical (unpaired) electrons. The van der Waals surface area contributed by atoms with Crippen LogP contribution < -0.4 is 9.80 Å². The lowest BCUT2D eigenvalue weighted by Gasteiger charge is -2.36. The Kier molecular flexibility index (Phi) is 5.26. The SMILES string of the molecule is Cc1cc(N2CCN(c3ncccc3Cl)CC2)nc(-c2cccc([N+](=O)[O-])c2)n1. The smallest absolute Gasteiger partial charge is 0.270 e. The largest absolute Gasteiger partial charge is 0.353 e. The lowest BCUT2D eigenvalue weighted by Crippen LogP contribution is -2.47. The second kappa shape index (κ2) is 8.00. The van der Waals surface area contributed by atoms with Gasteiger partial charge in [-0.25, -0.2) is 15.0 Å². The van der Waals surface area contributed by atoms with Crippen LogP contribution in [0, 0.1) is 17.0 Å². The lowest BCUT2D eigenvalue weighted by atomic mass is 10.2. The van der Waals surface area contributed by atoms with Gasteiger partial charge in [-0.1, -0.05) is 23.7 Å². The van der Waals surface area contributed by atoms with Crippen LogP contribution in [0.25, 0.3) is 11.4 Å². The first-order valence-electron chi connectivity index (χ1n) is 9.22. The molecule has 9 heteroatoms. The van der Waals surface area contributed by atoms with Crippen LogP contribution in [0.4, 0.5) is 17.3 Å². The number of pyridine rings is 1. The number of hydrogen-bond donors (Lipinski definition) is 0. The summed E-state index contributed by atoms with van der Waals surface area (Å²) in [6.45, 7) is 4.96. The summed E-state index contributed by atoms with van der Waals surface area (Å²) in [5.41, 5.74) is 1.46. The van der Waals surface area contributed by atoms with Crippen molar-refractivity contribution in [3.05, 3.63) is 69.5 Å². The molecule has 4 rings (SSSR count).